The highest BCUT2D eigenvalue weighted by Crippen LogP contribution is 2.31. The van der Waals surface area contributed by atoms with Crippen molar-refractivity contribution in [3.63, 3.8) is 0 Å². The Labute approximate surface area is 100 Å². The molecule has 0 radical (unpaired) electrons. The smallest absolute Gasteiger partial charge is 0.0590 e. The first-order chi connectivity index (χ1) is 7.72. The fourth-order valence-corrected chi connectivity index (χ4v) is 2.86. The summed E-state index contributed by atoms with van der Waals surface area (Å²) in [5, 5.41) is 0. The molecule has 0 bridgehead atoms. The van der Waals surface area contributed by atoms with Crippen molar-refractivity contribution in [3.8, 4) is 0 Å². The Morgan fingerprint density at radius 2 is 2.12 bits per heavy atom. The van der Waals surface area contributed by atoms with Gasteiger partial charge < -0.3 is 10.5 Å². The lowest BCUT2D eigenvalue weighted by Gasteiger charge is -2.47. The summed E-state index contributed by atoms with van der Waals surface area (Å²) >= 11 is 0. The number of rotatable bonds is 6. The van der Waals surface area contributed by atoms with Crippen LogP contribution in [0.1, 0.15) is 46.5 Å². The summed E-state index contributed by atoms with van der Waals surface area (Å²) in [6.45, 7) is 10.6. The van der Waals surface area contributed by atoms with Crippen molar-refractivity contribution >= 4 is 0 Å². The summed E-state index contributed by atoms with van der Waals surface area (Å²) < 4.78 is 5.77. The van der Waals surface area contributed by atoms with Gasteiger partial charge in [-0.2, -0.15) is 0 Å². The molecule has 3 heteroatoms. The van der Waals surface area contributed by atoms with Crippen molar-refractivity contribution in [1.29, 1.82) is 0 Å². The number of likely N-dealkylation sites (N-methyl/N-ethyl adjacent to an activating group) is 1. The van der Waals surface area contributed by atoms with Gasteiger partial charge in [-0.3, -0.25) is 4.90 Å². The van der Waals surface area contributed by atoms with Gasteiger partial charge in [0.15, 0.2) is 0 Å². The van der Waals surface area contributed by atoms with E-state index in [1.165, 1.54) is 6.42 Å². The molecule has 1 rings (SSSR count). The first-order valence-electron chi connectivity index (χ1n) is 6.79. The van der Waals surface area contributed by atoms with Gasteiger partial charge in [-0.05, 0) is 38.8 Å². The first-order valence-corrected chi connectivity index (χ1v) is 6.79. The molecule has 0 aromatic heterocycles. The Morgan fingerprint density at radius 3 is 2.62 bits per heavy atom. The average Bonchev–Trinajstić information content (AvgIpc) is 2.35. The molecule has 3 nitrogen and oxygen atoms in total. The van der Waals surface area contributed by atoms with Crippen LogP contribution in [0.5, 0.6) is 0 Å². The lowest BCUT2D eigenvalue weighted by Crippen LogP contribution is -2.58. The molecule has 2 N–H and O–H groups in total. The van der Waals surface area contributed by atoms with E-state index in [1.54, 1.807) is 0 Å². The molecule has 2 atom stereocenters. The number of ether oxygens (including phenoxy) is 1. The summed E-state index contributed by atoms with van der Waals surface area (Å²) in [6, 6.07) is 0. The molecule has 1 aliphatic heterocycles. The zero-order valence-electron chi connectivity index (χ0n) is 11.2. The van der Waals surface area contributed by atoms with E-state index in [-0.39, 0.29) is 5.54 Å². The molecule has 0 aromatic rings. The Kier molecular flexibility index (Phi) is 5.73. The molecule has 1 heterocycles. The molecule has 16 heavy (non-hydrogen) atoms. The van der Waals surface area contributed by atoms with Crippen molar-refractivity contribution in [2.45, 2.75) is 58.1 Å². The molecular weight excluding hydrogens is 200 g/mol. The minimum Gasteiger partial charge on any atom is -0.378 e. The Balaban J connectivity index is 2.73. The van der Waals surface area contributed by atoms with Crippen molar-refractivity contribution in [1.82, 2.24) is 4.90 Å². The van der Waals surface area contributed by atoms with Gasteiger partial charge in [-0.25, -0.2) is 0 Å². The predicted octanol–water partition coefficient (Wildman–Crippen LogP) is 2.00. The maximum absolute atomic E-state index is 6.06. The molecule has 1 fully saturated rings. The molecule has 2 unspecified atom stereocenters. The SMILES string of the molecule is CCCN(CC)C1(CN)CCOC(CC)C1. The highest BCUT2D eigenvalue weighted by molar-refractivity contribution is 4.95. The van der Waals surface area contributed by atoms with Gasteiger partial charge in [0.05, 0.1) is 6.10 Å². The molecule has 0 aliphatic carbocycles. The number of nitrogens with two attached hydrogens (primary N) is 1. The molecule has 0 saturated carbocycles. The van der Waals surface area contributed by atoms with Crippen LogP contribution < -0.4 is 5.73 Å². The topological polar surface area (TPSA) is 38.5 Å². The Morgan fingerprint density at radius 1 is 1.38 bits per heavy atom. The summed E-state index contributed by atoms with van der Waals surface area (Å²) in [4.78, 5) is 2.57. The second kappa shape index (κ2) is 6.58. The van der Waals surface area contributed by atoms with E-state index < -0.39 is 0 Å². The third-order valence-corrected chi connectivity index (χ3v) is 3.91. The van der Waals surface area contributed by atoms with E-state index >= 15 is 0 Å². The minimum absolute atomic E-state index is 0.198. The van der Waals surface area contributed by atoms with Gasteiger partial charge in [0, 0.05) is 18.7 Å². The molecular formula is C13H28N2O. The first kappa shape index (κ1) is 13.9. The van der Waals surface area contributed by atoms with E-state index in [9.17, 15) is 0 Å². The minimum atomic E-state index is 0.198. The van der Waals surface area contributed by atoms with E-state index in [4.69, 9.17) is 10.5 Å². The van der Waals surface area contributed by atoms with Crippen molar-refractivity contribution in [3.05, 3.63) is 0 Å². The highest BCUT2D eigenvalue weighted by Gasteiger charge is 2.39. The van der Waals surface area contributed by atoms with Crippen LogP contribution >= 0.6 is 0 Å². The monoisotopic (exact) mass is 228 g/mol. The quantitative estimate of drug-likeness (QED) is 0.756. The fourth-order valence-electron chi connectivity index (χ4n) is 2.86. The van der Waals surface area contributed by atoms with Crippen LogP contribution in [0.15, 0.2) is 0 Å². The summed E-state index contributed by atoms with van der Waals surface area (Å²) in [5.74, 6) is 0. The highest BCUT2D eigenvalue weighted by atomic mass is 16.5. The molecule has 1 aliphatic rings. The summed E-state index contributed by atoms with van der Waals surface area (Å²) in [5.41, 5.74) is 6.26. The molecule has 1 saturated heterocycles. The fraction of sp³-hybridized carbons (Fsp3) is 1.00. The third kappa shape index (κ3) is 2.96. The number of nitrogens with zero attached hydrogens (tertiary/aromatic N) is 1. The van der Waals surface area contributed by atoms with Crippen molar-refractivity contribution < 1.29 is 4.74 Å². The lowest BCUT2D eigenvalue weighted by molar-refractivity contribution is -0.0707. The van der Waals surface area contributed by atoms with Crippen molar-refractivity contribution in [2.24, 2.45) is 5.73 Å². The zero-order chi connectivity index (χ0) is 12.0. The second-order valence-electron chi connectivity index (χ2n) is 4.86. The van der Waals surface area contributed by atoms with Crippen LogP contribution in [0.3, 0.4) is 0 Å². The predicted molar refractivity (Wildman–Crippen MR) is 68.6 cm³/mol. The van der Waals surface area contributed by atoms with Crippen LogP contribution in [0.2, 0.25) is 0 Å². The Bertz CT molecular complexity index is 198. The average molecular weight is 228 g/mol. The zero-order valence-corrected chi connectivity index (χ0v) is 11.2. The number of hydrogen-bond donors (Lipinski definition) is 1. The van der Waals surface area contributed by atoms with Crippen molar-refractivity contribution in [2.75, 3.05) is 26.2 Å². The van der Waals surface area contributed by atoms with Crippen LogP contribution in [-0.2, 0) is 4.74 Å². The van der Waals surface area contributed by atoms with Gasteiger partial charge >= 0.3 is 0 Å². The lowest BCUT2D eigenvalue weighted by atomic mass is 9.84. The van der Waals surface area contributed by atoms with E-state index in [2.05, 4.69) is 25.7 Å². The van der Waals surface area contributed by atoms with E-state index in [1.807, 2.05) is 0 Å². The van der Waals surface area contributed by atoms with Crippen LogP contribution in [0.25, 0.3) is 0 Å². The summed E-state index contributed by atoms with van der Waals surface area (Å²) in [7, 11) is 0. The van der Waals surface area contributed by atoms with Crippen LogP contribution in [0.4, 0.5) is 0 Å². The van der Waals surface area contributed by atoms with Gasteiger partial charge in [0.2, 0.25) is 0 Å². The second-order valence-corrected chi connectivity index (χ2v) is 4.86. The normalized spacial score (nSPS) is 30.9. The largest absolute Gasteiger partial charge is 0.378 e. The van der Waals surface area contributed by atoms with Gasteiger partial charge in [-0.15, -0.1) is 0 Å². The molecule has 0 aromatic carbocycles. The maximum atomic E-state index is 6.06. The standard InChI is InChI=1S/C13H28N2O/c1-4-8-15(6-3)13(11-14)7-9-16-12(5-2)10-13/h12H,4-11,14H2,1-3H3. The van der Waals surface area contributed by atoms with E-state index in [0.29, 0.717) is 6.10 Å². The van der Waals surface area contributed by atoms with Gasteiger partial charge in [0.1, 0.15) is 0 Å². The molecule has 0 amide bonds. The molecule has 96 valence electrons. The third-order valence-electron chi connectivity index (χ3n) is 3.91. The van der Waals surface area contributed by atoms with Gasteiger partial charge in [0.25, 0.3) is 0 Å². The van der Waals surface area contributed by atoms with E-state index in [0.717, 1.165) is 45.5 Å². The Hall–Kier alpha value is -0.120. The molecule has 0 spiro atoms. The number of hydrogen-bond acceptors (Lipinski definition) is 3. The van der Waals surface area contributed by atoms with Crippen LogP contribution in [0, 0.1) is 0 Å². The maximum Gasteiger partial charge on any atom is 0.0590 e. The van der Waals surface area contributed by atoms with Crippen LogP contribution in [-0.4, -0.2) is 42.8 Å². The van der Waals surface area contributed by atoms with Gasteiger partial charge in [-0.1, -0.05) is 20.8 Å². The summed E-state index contributed by atoms with van der Waals surface area (Å²) in [6.07, 6.45) is 4.91.